The van der Waals surface area contributed by atoms with Crippen molar-refractivity contribution >= 4 is 34.7 Å². The van der Waals surface area contributed by atoms with Gasteiger partial charge in [-0.15, -0.1) is 0 Å². The molecule has 0 unspecified atom stereocenters. The quantitative estimate of drug-likeness (QED) is 0.132. The van der Waals surface area contributed by atoms with Crippen LogP contribution in [0.5, 0.6) is 34.5 Å². The van der Waals surface area contributed by atoms with E-state index in [1.54, 1.807) is 42.6 Å². The van der Waals surface area contributed by atoms with E-state index in [0.717, 1.165) is 55.4 Å². The molecule has 2 saturated carbocycles. The topological polar surface area (TPSA) is 192 Å². The summed E-state index contributed by atoms with van der Waals surface area (Å²) in [6, 6.07) is 11.9. The number of H-pyrrole nitrogens is 1. The van der Waals surface area contributed by atoms with Gasteiger partial charge < -0.3 is 43.6 Å². The van der Waals surface area contributed by atoms with Gasteiger partial charge in [0, 0.05) is 50.1 Å². The van der Waals surface area contributed by atoms with Gasteiger partial charge in [0.2, 0.25) is 18.6 Å². The number of hydrogen-bond donors (Lipinski definition) is 2. The van der Waals surface area contributed by atoms with Crippen molar-refractivity contribution < 1.29 is 42.8 Å². The largest absolute Gasteiger partial charge is 0.493 e. The molecule has 1 saturated heterocycles. The third-order valence-electron chi connectivity index (χ3n) is 13.1. The molecule has 1 spiro atoms. The van der Waals surface area contributed by atoms with Gasteiger partial charge in [-0.1, -0.05) is 18.9 Å². The Labute approximate surface area is 369 Å². The molecule has 2 aliphatic carbocycles. The number of nitrogens with one attached hydrogen (secondary N) is 2. The number of benzene rings is 2. The van der Waals surface area contributed by atoms with Crippen LogP contribution in [0.4, 0.5) is 4.79 Å². The summed E-state index contributed by atoms with van der Waals surface area (Å²) >= 11 is 0. The van der Waals surface area contributed by atoms with Crippen LogP contribution in [0.2, 0.25) is 0 Å². The molecule has 332 valence electrons. The monoisotopic (exact) mass is 870 g/mol. The van der Waals surface area contributed by atoms with Crippen molar-refractivity contribution in [3.05, 3.63) is 78.5 Å². The number of methoxy groups -OCH3 is 2. The van der Waals surface area contributed by atoms with Gasteiger partial charge in [0.15, 0.2) is 28.7 Å². The lowest BCUT2D eigenvalue weighted by Crippen LogP contribution is -2.56. The Morgan fingerprint density at radius 2 is 1.78 bits per heavy atom. The van der Waals surface area contributed by atoms with Gasteiger partial charge in [-0.3, -0.25) is 14.6 Å². The first-order chi connectivity index (χ1) is 31.3. The second kappa shape index (κ2) is 17.3. The van der Waals surface area contributed by atoms with Gasteiger partial charge in [0.1, 0.15) is 29.3 Å². The van der Waals surface area contributed by atoms with Crippen molar-refractivity contribution in [1.29, 1.82) is 0 Å². The van der Waals surface area contributed by atoms with Crippen molar-refractivity contribution in [2.75, 3.05) is 40.7 Å². The van der Waals surface area contributed by atoms with Crippen LogP contribution in [-0.4, -0.2) is 106 Å². The Kier molecular flexibility index (Phi) is 11.1. The van der Waals surface area contributed by atoms with Crippen molar-refractivity contribution in [2.24, 2.45) is 16.4 Å². The zero-order chi connectivity index (χ0) is 43.8. The molecule has 5 aliphatic rings. The molecule has 17 nitrogen and oxygen atoms in total. The molecule has 2 aromatic carbocycles. The number of amides is 3. The Morgan fingerprint density at radius 1 is 0.969 bits per heavy atom. The summed E-state index contributed by atoms with van der Waals surface area (Å²) < 4.78 is 34.8. The molecule has 6 heterocycles. The number of pyridine rings is 1. The highest BCUT2D eigenvalue weighted by Gasteiger charge is 2.49. The summed E-state index contributed by atoms with van der Waals surface area (Å²) in [5.74, 6) is 3.35. The molecular weight excluding hydrogens is 821 g/mol. The summed E-state index contributed by atoms with van der Waals surface area (Å²) in [5.41, 5.74) is 3.94. The van der Waals surface area contributed by atoms with E-state index in [0.29, 0.717) is 95.9 Å². The van der Waals surface area contributed by atoms with Gasteiger partial charge in [0.05, 0.1) is 49.1 Å². The summed E-state index contributed by atoms with van der Waals surface area (Å²) in [6.45, 7) is 1.38. The van der Waals surface area contributed by atoms with E-state index < -0.39 is 17.6 Å². The number of carbonyl (C=O) groups excluding carboxylic acids is 3. The van der Waals surface area contributed by atoms with E-state index in [4.69, 9.17) is 33.5 Å². The molecule has 10 rings (SSSR count). The van der Waals surface area contributed by atoms with Crippen LogP contribution in [0.15, 0.2) is 72.5 Å². The standard InChI is InChI=1S/C47H50N8O9/c1-59-34-10-9-30(21-37(34)60-2)33-22-47(15-3-4-16-47)45(57)55(53-33)31-13-18-54(19-14-31)44(56)32(20-29-6-5-17-48-23-29)52-46(58)64-38-24-49-42-40(38)50-26-51-41(42)39-35(61-25-28-7-8-28)11-12-36-43(39)63-27-62-36/h5-6,9-12,17,21,23-24,26,28,31-32,49H,3-4,7-8,13-16,18-20,22,25,27H2,1-2H3,(H,52,58)/t32-/m0/s1. The fourth-order valence-electron chi connectivity index (χ4n) is 9.47. The molecule has 1 atom stereocenters. The summed E-state index contributed by atoms with van der Waals surface area (Å²) in [5, 5.41) is 9.56. The molecular formula is C47H50N8O9. The lowest BCUT2D eigenvalue weighted by molar-refractivity contribution is -0.147. The summed E-state index contributed by atoms with van der Waals surface area (Å²) in [6.07, 6.45) is 13.1. The molecule has 64 heavy (non-hydrogen) atoms. The van der Waals surface area contributed by atoms with Crippen LogP contribution in [0, 0.1) is 11.3 Å². The number of aromatic amines is 1. The summed E-state index contributed by atoms with van der Waals surface area (Å²) in [7, 11) is 3.20. The molecule has 17 heteroatoms. The minimum absolute atomic E-state index is 0.0601. The van der Waals surface area contributed by atoms with Crippen LogP contribution in [0.1, 0.15) is 68.9 Å². The zero-order valence-corrected chi connectivity index (χ0v) is 35.8. The minimum atomic E-state index is -0.980. The molecule has 3 amide bonds. The molecule has 0 radical (unpaired) electrons. The molecule has 0 bridgehead atoms. The van der Waals surface area contributed by atoms with E-state index in [1.165, 1.54) is 12.5 Å². The smallest absolute Gasteiger partial charge is 0.413 e. The number of nitrogens with zero attached hydrogens (tertiary/aromatic N) is 6. The SMILES string of the molecule is COc1ccc(C2=NN(C3CCN(C(=O)[C@H](Cc4cccnc4)NC(=O)Oc4c[nH]c5c(-c6c(OCC7CC7)ccc7c6OCO7)ncnc45)CC3)C(=O)C3(CCCC3)C2)cc1OC. The maximum Gasteiger partial charge on any atom is 0.413 e. The van der Waals surface area contributed by atoms with Crippen LogP contribution in [-0.2, 0) is 16.0 Å². The Hall–Kier alpha value is -6.91. The summed E-state index contributed by atoms with van der Waals surface area (Å²) in [4.78, 5) is 60.8. The number of aromatic nitrogens is 4. The fourth-order valence-corrected chi connectivity index (χ4v) is 9.47. The highest BCUT2D eigenvalue weighted by atomic mass is 16.7. The van der Waals surface area contributed by atoms with Gasteiger partial charge in [-0.2, -0.15) is 5.10 Å². The first-order valence-electron chi connectivity index (χ1n) is 22.0. The van der Waals surface area contributed by atoms with Crippen molar-refractivity contribution in [3.8, 4) is 45.8 Å². The van der Waals surface area contributed by atoms with Gasteiger partial charge in [0.25, 0.3) is 0 Å². The Morgan fingerprint density at radius 3 is 2.55 bits per heavy atom. The first kappa shape index (κ1) is 41.1. The molecule has 3 aromatic heterocycles. The van der Waals surface area contributed by atoms with E-state index in [2.05, 4.69) is 25.3 Å². The second-order valence-corrected chi connectivity index (χ2v) is 17.2. The number of carbonyl (C=O) groups is 3. The van der Waals surface area contributed by atoms with E-state index in [-0.39, 0.29) is 36.8 Å². The van der Waals surface area contributed by atoms with E-state index >= 15 is 0 Å². The number of hydrazone groups is 1. The molecule has 5 aromatic rings. The Balaban J connectivity index is 0.858. The van der Waals surface area contributed by atoms with Gasteiger partial charge >= 0.3 is 6.09 Å². The van der Waals surface area contributed by atoms with E-state index in [1.807, 2.05) is 36.4 Å². The number of piperidine rings is 1. The zero-order valence-electron chi connectivity index (χ0n) is 35.8. The molecule has 2 N–H and O–H groups in total. The average Bonchev–Trinajstić information content (AvgIpc) is 3.61. The van der Waals surface area contributed by atoms with Gasteiger partial charge in [-0.25, -0.2) is 19.8 Å². The maximum atomic E-state index is 14.4. The highest BCUT2D eigenvalue weighted by Crippen LogP contribution is 2.49. The highest BCUT2D eigenvalue weighted by molar-refractivity contribution is 6.06. The number of hydrogen-bond acceptors (Lipinski definition) is 13. The second-order valence-electron chi connectivity index (χ2n) is 17.2. The van der Waals surface area contributed by atoms with Crippen molar-refractivity contribution in [2.45, 2.75) is 76.3 Å². The normalized spacial score (nSPS) is 18.5. The van der Waals surface area contributed by atoms with Crippen LogP contribution in [0.3, 0.4) is 0 Å². The van der Waals surface area contributed by atoms with Gasteiger partial charge in [-0.05, 0) is 86.4 Å². The predicted molar refractivity (Wildman–Crippen MR) is 233 cm³/mol. The van der Waals surface area contributed by atoms with E-state index in [9.17, 15) is 14.4 Å². The number of likely N-dealkylation sites (tertiary alicyclic amines) is 1. The lowest BCUT2D eigenvalue weighted by Gasteiger charge is -2.43. The first-order valence-corrected chi connectivity index (χ1v) is 22.0. The predicted octanol–water partition coefficient (Wildman–Crippen LogP) is 6.44. The minimum Gasteiger partial charge on any atom is -0.493 e. The molecule has 3 fully saturated rings. The number of rotatable bonds is 13. The molecule has 3 aliphatic heterocycles. The lowest BCUT2D eigenvalue weighted by atomic mass is 9.77. The maximum absolute atomic E-state index is 14.4. The number of ether oxygens (including phenoxy) is 6. The van der Waals surface area contributed by atoms with Crippen molar-refractivity contribution in [3.63, 3.8) is 0 Å². The average molecular weight is 871 g/mol. The third kappa shape index (κ3) is 7.98. The van der Waals surface area contributed by atoms with Crippen LogP contribution < -0.4 is 33.7 Å². The van der Waals surface area contributed by atoms with Crippen LogP contribution >= 0.6 is 0 Å². The Bertz CT molecular complexity index is 2600. The number of fused-ring (bicyclic) bond motifs is 2. The van der Waals surface area contributed by atoms with Crippen molar-refractivity contribution in [1.82, 2.24) is 35.2 Å². The third-order valence-corrected chi connectivity index (χ3v) is 13.1. The van der Waals surface area contributed by atoms with Crippen LogP contribution in [0.25, 0.3) is 22.3 Å². The fraction of sp³-hybridized carbons (Fsp3) is 0.426.